The van der Waals surface area contributed by atoms with Crippen molar-refractivity contribution in [3.63, 3.8) is 0 Å². The Morgan fingerprint density at radius 3 is 2.35 bits per heavy atom. The Bertz CT molecular complexity index is 979. The maximum atomic E-state index is 12.8. The minimum Gasteiger partial charge on any atom is -0.370 e. The zero-order valence-corrected chi connectivity index (χ0v) is 18.7. The number of likely N-dealkylation sites (N-methyl/N-ethyl adjacent to an activating group) is 1. The van der Waals surface area contributed by atoms with Crippen LogP contribution in [0.1, 0.15) is 34.8 Å². The molecule has 3 amide bonds. The first-order valence-corrected chi connectivity index (χ1v) is 10.4. The Morgan fingerprint density at radius 1 is 1.16 bits per heavy atom. The van der Waals surface area contributed by atoms with E-state index in [0.29, 0.717) is 34.2 Å². The predicted octanol–water partition coefficient (Wildman–Crippen LogP) is 0.998. The number of carbonyl (C=O) groups excluding carboxylic acids is 3. The molecule has 0 fully saturated rings. The number of aromatic nitrogens is 1. The van der Waals surface area contributed by atoms with Gasteiger partial charge < -0.3 is 27.0 Å². The SMILES string of the molecule is CC(=O)Nc1nc(CCc2ccc(N=C(N)N)cc2)c(C(=O)N[C@@H](C)C(=O)N(C)C)s1. The summed E-state index contributed by atoms with van der Waals surface area (Å²) >= 11 is 1.08. The van der Waals surface area contributed by atoms with Crippen LogP contribution >= 0.6 is 11.3 Å². The van der Waals surface area contributed by atoms with Crippen LogP contribution in [-0.2, 0) is 22.4 Å². The summed E-state index contributed by atoms with van der Waals surface area (Å²) in [6.07, 6.45) is 1.08. The molecule has 1 aromatic heterocycles. The molecule has 11 heteroatoms. The van der Waals surface area contributed by atoms with Crippen LogP contribution in [0.5, 0.6) is 0 Å². The minimum atomic E-state index is -0.690. The van der Waals surface area contributed by atoms with Crippen molar-refractivity contribution in [2.24, 2.45) is 16.5 Å². The second-order valence-corrected chi connectivity index (χ2v) is 8.11. The number of nitrogens with one attached hydrogen (secondary N) is 2. The first-order valence-electron chi connectivity index (χ1n) is 9.54. The number of carbonyl (C=O) groups is 3. The molecule has 6 N–H and O–H groups in total. The van der Waals surface area contributed by atoms with Crippen LogP contribution in [0.15, 0.2) is 29.3 Å². The molecule has 2 aromatic rings. The fraction of sp³-hybridized carbons (Fsp3) is 0.350. The van der Waals surface area contributed by atoms with Gasteiger partial charge in [0.15, 0.2) is 11.1 Å². The lowest BCUT2D eigenvalue weighted by Crippen LogP contribution is -2.44. The monoisotopic (exact) mass is 445 g/mol. The van der Waals surface area contributed by atoms with Gasteiger partial charge in [-0.2, -0.15) is 0 Å². The first-order chi connectivity index (χ1) is 14.6. The molecule has 2 rings (SSSR count). The number of amides is 3. The second-order valence-electron chi connectivity index (χ2n) is 7.11. The first kappa shape index (κ1) is 23.8. The molecule has 0 bridgehead atoms. The highest BCUT2D eigenvalue weighted by Gasteiger charge is 2.23. The van der Waals surface area contributed by atoms with Crippen molar-refractivity contribution >= 4 is 45.8 Å². The van der Waals surface area contributed by atoms with Crippen LogP contribution in [-0.4, -0.2) is 53.7 Å². The highest BCUT2D eigenvalue weighted by molar-refractivity contribution is 7.17. The molecule has 1 atom stereocenters. The largest absolute Gasteiger partial charge is 0.370 e. The van der Waals surface area contributed by atoms with E-state index in [-0.39, 0.29) is 17.8 Å². The number of hydrogen-bond acceptors (Lipinski definition) is 6. The molecule has 0 aliphatic heterocycles. The zero-order chi connectivity index (χ0) is 23.1. The molecule has 1 heterocycles. The number of rotatable bonds is 8. The molecular weight excluding hydrogens is 418 g/mol. The topological polar surface area (TPSA) is 156 Å². The van der Waals surface area contributed by atoms with Gasteiger partial charge in [0, 0.05) is 21.0 Å². The Labute approximate surface area is 184 Å². The van der Waals surface area contributed by atoms with Crippen molar-refractivity contribution < 1.29 is 14.4 Å². The maximum Gasteiger partial charge on any atom is 0.264 e. The van der Waals surface area contributed by atoms with Crippen molar-refractivity contribution in [3.8, 4) is 0 Å². The number of guanidine groups is 1. The van der Waals surface area contributed by atoms with Gasteiger partial charge in [0.05, 0.1) is 11.4 Å². The van der Waals surface area contributed by atoms with Crippen LogP contribution in [0, 0.1) is 0 Å². The molecule has 0 radical (unpaired) electrons. The Balaban J connectivity index is 2.18. The highest BCUT2D eigenvalue weighted by Crippen LogP contribution is 2.25. The molecule has 0 saturated heterocycles. The van der Waals surface area contributed by atoms with E-state index in [4.69, 9.17) is 11.5 Å². The van der Waals surface area contributed by atoms with Crippen molar-refractivity contribution in [3.05, 3.63) is 40.4 Å². The van der Waals surface area contributed by atoms with Gasteiger partial charge in [-0.1, -0.05) is 23.5 Å². The third-order valence-electron chi connectivity index (χ3n) is 4.19. The van der Waals surface area contributed by atoms with Crippen LogP contribution < -0.4 is 22.1 Å². The number of anilines is 1. The lowest BCUT2D eigenvalue weighted by atomic mass is 10.1. The quantitative estimate of drug-likeness (QED) is 0.351. The fourth-order valence-electron chi connectivity index (χ4n) is 2.76. The molecule has 0 saturated carbocycles. The molecule has 0 aliphatic rings. The number of hydrogen-bond donors (Lipinski definition) is 4. The van der Waals surface area contributed by atoms with E-state index < -0.39 is 11.9 Å². The van der Waals surface area contributed by atoms with Gasteiger partial charge in [0.25, 0.3) is 5.91 Å². The molecular formula is C20H27N7O3S. The molecule has 0 spiro atoms. The smallest absolute Gasteiger partial charge is 0.264 e. The van der Waals surface area contributed by atoms with Crippen molar-refractivity contribution in [2.75, 3.05) is 19.4 Å². The van der Waals surface area contributed by atoms with Crippen molar-refractivity contribution in [1.82, 2.24) is 15.2 Å². The lowest BCUT2D eigenvalue weighted by Gasteiger charge is -2.17. The number of thiazole rings is 1. The average molecular weight is 446 g/mol. The molecule has 31 heavy (non-hydrogen) atoms. The Hall–Kier alpha value is -3.47. The number of aliphatic imine (C=N–C) groups is 1. The molecule has 10 nitrogen and oxygen atoms in total. The van der Waals surface area contributed by atoms with Gasteiger partial charge >= 0.3 is 0 Å². The van der Waals surface area contributed by atoms with E-state index in [1.54, 1.807) is 33.2 Å². The number of benzene rings is 1. The summed E-state index contributed by atoms with van der Waals surface area (Å²) < 4.78 is 0. The molecule has 0 unspecified atom stereocenters. The standard InChI is InChI=1S/C20H27N7O3S/c1-11(18(30)27(3)4)23-17(29)16-15(26-20(31-16)24-12(2)28)10-7-13-5-8-14(9-6-13)25-19(21)22/h5-6,8-9,11H,7,10H2,1-4H3,(H,23,29)(H4,21,22,25)(H,24,26,28)/t11-/m0/s1. The van der Waals surface area contributed by atoms with Crippen molar-refractivity contribution in [2.45, 2.75) is 32.7 Å². The van der Waals surface area contributed by atoms with Gasteiger partial charge in [-0.25, -0.2) is 9.98 Å². The number of nitrogens with two attached hydrogens (primary N) is 2. The Morgan fingerprint density at radius 2 is 1.81 bits per heavy atom. The van der Waals surface area contributed by atoms with E-state index in [0.717, 1.165) is 16.9 Å². The molecule has 1 aromatic carbocycles. The van der Waals surface area contributed by atoms with E-state index in [1.165, 1.54) is 11.8 Å². The molecule has 166 valence electrons. The van der Waals surface area contributed by atoms with Crippen LogP contribution in [0.2, 0.25) is 0 Å². The van der Waals surface area contributed by atoms with Gasteiger partial charge in [0.2, 0.25) is 11.8 Å². The van der Waals surface area contributed by atoms with Crippen LogP contribution in [0.4, 0.5) is 10.8 Å². The van der Waals surface area contributed by atoms with E-state index >= 15 is 0 Å². The van der Waals surface area contributed by atoms with E-state index in [2.05, 4.69) is 20.6 Å². The highest BCUT2D eigenvalue weighted by atomic mass is 32.1. The third kappa shape index (κ3) is 7.07. The third-order valence-corrected chi connectivity index (χ3v) is 5.20. The van der Waals surface area contributed by atoms with E-state index in [9.17, 15) is 14.4 Å². The summed E-state index contributed by atoms with van der Waals surface area (Å²) in [6, 6.07) is 6.67. The fourth-order valence-corrected chi connectivity index (χ4v) is 3.72. The second kappa shape index (κ2) is 10.5. The molecule has 0 aliphatic carbocycles. The minimum absolute atomic E-state index is 0.0154. The summed E-state index contributed by atoms with van der Waals surface area (Å²) in [5.74, 6) is -0.922. The number of aryl methyl sites for hydroxylation is 2. The average Bonchev–Trinajstić information content (AvgIpc) is 3.08. The van der Waals surface area contributed by atoms with Gasteiger partial charge in [0.1, 0.15) is 10.9 Å². The zero-order valence-electron chi connectivity index (χ0n) is 17.9. The summed E-state index contributed by atoms with van der Waals surface area (Å²) in [7, 11) is 3.24. The van der Waals surface area contributed by atoms with Gasteiger partial charge in [-0.05, 0) is 37.5 Å². The maximum absolute atomic E-state index is 12.8. The van der Waals surface area contributed by atoms with Crippen molar-refractivity contribution in [1.29, 1.82) is 0 Å². The summed E-state index contributed by atoms with van der Waals surface area (Å²) in [4.78, 5) is 46.4. The Kier molecular flexibility index (Phi) is 8.08. The summed E-state index contributed by atoms with van der Waals surface area (Å²) in [5, 5.41) is 5.65. The van der Waals surface area contributed by atoms with Gasteiger partial charge in [-0.3, -0.25) is 14.4 Å². The predicted molar refractivity (Wildman–Crippen MR) is 121 cm³/mol. The summed E-state index contributed by atoms with van der Waals surface area (Å²) in [6.45, 7) is 2.99. The van der Waals surface area contributed by atoms with Crippen LogP contribution in [0.3, 0.4) is 0 Å². The summed E-state index contributed by atoms with van der Waals surface area (Å²) in [5.41, 5.74) is 12.9. The number of nitrogens with zero attached hydrogens (tertiary/aromatic N) is 3. The normalized spacial score (nSPS) is 11.4. The lowest BCUT2D eigenvalue weighted by molar-refractivity contribution is -0.130. The van der Waals surface area contributed by atoms with Gasteiger partial charge in [-0.15, -0.1) is 0 Å². The van der Waals surface area contributed by atoms with Crippen LogP contribution in [0.25, 0.3) is 0 Å². The van der Waals surface area contributed by atoms with E-state index in [1.807, 2.05) is 12.1 Å².